The SMILES string of the molecule is O=S(=O)(Oc1nc(N2CCOCC2)nc2c(Cl)cc(F)cc12)C(F)(F)F. The standard InChI is InChI=1S/C13H10ClF4N3O4S/c14-9-6-7(15)5-8-10(9)19-12(21-1-3-24-4-2-21)20-11(8)25-26(22,23)13(16,17)18/h5-6H,1-4H2. The summed E-state index contributed by atoms with van der Waals surface area (Å²) < 4.78 is 83.6. The zero-order chi connectivity index (χ0) is 19.1. The molecule has 0 aliphatic carbocycles. The van der Waals surface area contributed by atoms with Gasteiger partial charge in [0.25, 0.3) is 0 Å². The molecule has 0 N–H and O–H groups in total. The normalized spacial score (nSPS) is 16.1. The lowest BCUT2D eigenvalue weighted by Gasteiger charge is -2.27. The maximum Gasteiger partial charge on any atom is 0.534 e. The summed E-state index contributed by atoms with van der Waals surface area (Å²) in [4.78, 5) is 9.39. The molecule has 7 nitrogen and oxygen atoms in total. The van der Waals surface area contributed by atoms with Crippen LogP contribution in [0.1, 0.15) is 0 Å². The van der Waals surface area contributed by atoms with Gasteiger partial charge in [-0.3, -0.25) is 0 Å². The van der Waals surface area contributed by atoms with E-state index in [1.165, 1.54) is 0 Å². The van der Waals surface area contributed by atoms with Crippen molar-refractivity contribution in [3.63, 3.8) is 0 Å². The lowest BCUT2D eigenvalue weighted by molar-refractivity contribution is -0.0500. The Kier molecular flexibility index (Phi) is 4.84. The summed E-state index contributed by atoms with van der Waals surface area (Å²) in [6, 6.07) is 1.63. The molecule has 1 saturated heterocycles. The van der Waals surface area contributed by atoms with Crippen LogP contribution in [0.25, 0.3) is 10.9 Å². The maximum absolute atomic E-state index is 13.6. The minimum absolute atomic E-state index is 0.110. The lowest BCUT2D eigenvalue weighted by Crippen LogP contribution is -2.37. The number of hydrogen-bond acceptors (Lipinski definition) is 7. The molecule has 1 aliphatic rings. The predicted octanol–water partition coefficient (Wildman–Crippen LogP) is 2.49. The van der Waals surface area contributed by atoms with Crippen LogP contribution in [0.3, 0.4) is 0 Å². The summed E-state index contributed by atoms with van der Waals surface area (Å²) in [7, 11) is -6.01. The van der Waals surface area contributed by atoms with Crippen LogP contribution in [0, 0.1) is 5.82 Å². The van der Waals surface area contributed by atoms with Gasteiger partial charge in [0.05, 0.1) is 29.1 Å². The van der Waals surface area contributed by atoms with Crippen LogP contribution >= 0.6 is 11.6 Å². The molecule has 3 rings (SSSR count). The number of hydrogen-bond donors (Lipinski definition) is 0. The van der Waals surface area contributed by atoms with Crippen molar-refractivity contribution in [2.75, 3.05) is 31.2 Å². The molecule has 142 valence electrons. The molecule has 2 aromatic rings. The van der Waals surface area contributed by atoms with Crippen LogP contribution in [0.15, 0.2) is 12.1 Å². The molecular formula is C13H10ClF4N3O4S. The van der Waals surface area contributed by atoms with E-state index in [0.717, 1.165) is 12.1 Å². The van der Waals surface area contributed by atoms with Gasteiger partial charge in [0.15, 0.2) is 0 Å². The fourth-order valence-corrected chi connectivity index (χ4v) is 2.92. The quantitative estimate of drug-likeness (QED) is 0.433. The topological polar surface area (TPSA) is 81.6 Å². The first kappa shape index (κ1) is 18.9. The van der Waals surface area contributed by atoms with Crippen LogP contribution in [0.4, 0.5) is 23.5 Å². The molecule has 1 aromatic heterocycles. The number of aromatic nitrogens is 2. The molecule has 2 heterocycles. The third-order valence-corrected chi connectivity index (χ3v) is 4.67. The van der Waals surface area contributed by atoms with Crippen molar-refractivity contribution in [3.8, 4) is 5.88 Å². The lowest BCUT2D eigenvalue weighted by atomic mass is 10.2. The van der Waals surface area contributed by atoms with Crippen LogP contribution in [-0.2, 0) is 14.9 Å². The average molecular weight is 416 g/mol. The number of rotatable bonds is 3. The Hall–Kier alpha value is -1.92. The monoisotopic (exact) mass is 415 g/mol. The summed E-state index contributed by atoms with van der Waals surface area (Å²) >= 11 is 5.91. The summed E-state index contributed by atoms with van der Waals surface area (Å²) in [5.41, 5.74) is -5.82. The average Bonchev–Trinajstić information content (AvgIpc) is 2.55. The number of morpholine rings is 1. The van der Waals surface area contributed by atoms with Crippen LogP contribution in [-0.4, -0.2) is 50.2 Å². The molecule has 0 atom stereocenters. The Morgan fingerprint density at radius 3 is 2.46 bits per heavy atom. The maximum atomic E-state index is 13.6. The highest BCUT2D eigenvalue weighted by Crippen LogP contribution is 2.34. The van der Waals surface area contributed by atoms with Gasteiger partial charge in [0.1, 0.15) is 5.82 Å². The summed E-state index contributed by atoms with van der Waals surface area (Å²) in [5, 5.41) is -0.633. The Morgan fingerprint density at radius 1 is 1.19 bits per heavy atom. The van der Waals surface area contributed by atoms with E-state index in [4.69, 9.17) is 16.3 Å². The molecule has 26 heavy (non-hydrogen) atoms. The Balaban J connectivity index is 2.18. The summed E-state index contributed by atoms with van der Waals surface area (Å²) in [6.45, 7) is 1.26. The molecule has 1 aliphatic heterocycles. The predicted molar refractivity (Wildman–Crippen MR) is 83.1 cm³/mol. The molecule has 1 fully saturated rings. The molecular weight excluding hydrogens is 406 g/mol. The second-order valence-electron chi connectivity index (χ2n) is 5.20. The highest BCUT2D eigenvalue weighted by Gasteiger charge is 2.49. The third kappa shape index (κ3) is 3.62. The van der Waals surface area contributed by atoms with E-state index in [0.29, 0.717) is 26.3 Å². The van der Waals surface area contributed by atoms with Gasteiger partial charge in [0, 0.05) is 13.1 Å². The van der Waals surface area contributed by atoms with Gasteiger partial charge in [-0.15, -0.1) is 0 Å². The van der Waals surface area contributed by atoms with Gasteiger partial charge >= 0.3 is 15.6 Å². The van der Waals surface area contributed by atoms with Crippen molar-refractivity contribution in [2.45, 2.75) is 5.51 Å². The van der Waals surface area contributed by atoms with Crippen molar-refractivity contribution in [1.29, 1.82) is 0 Å². The summed E-state index contributed by atoms with van der Waals surface area (Å²) in [5.74, 6) is -1.99. The van der Waals surface area contributed by atoms with Crippen molar-refractivity contribution < 1.29 is 34.9 Å². The Morgan fingerprint density at radius 2 is 1.85 bits per heavy atom. The van der Waals surface area contributed by atoms with Crippen LogP contribution in [0.5, 0.6) is 5.88 Å². The molecule has 13 heteroatoms. The van der Waals surface area contributed by atoms with Crippen molar-refractivity contribution in [2.24, 2.45) is 0 Å². The van der Waals surface area contributed by atoms with Gasteiger partial charge in [-0.05, 0) is 12.1 Å². The fraction of sp³-hybridized carbons (Fsp3) is 0.385. The highest BCUT2D eigenvalue weighted by atomic mass is 35.5. The molecule has 0 saturated carbocycles. The number of fused-ring (bicyclic) bond motifs is 1. The number of nitrogens with zero attached hydrogens (tertiary/aromatic N) is 3. The van der Waals surface area contributed by atoms with Crippen LogP contribution < -0.4 is 9.08 Å². The fourth-order valence-electron chi connectivity index (χ4n) is 2.24. The molecule has 1 aromatic carbocycles. The van der Waals surface area contributed by atoms with E-state index in [1.807, 2.05) is 0 Å². The smallest absolute Gasteiger partial charge is 0.378 e. The minimum Gasteiger partial charge on any atom is -0.378 e. The number of alkyl halides is 3. The van der Waals surface area contributed by atoms with Crippen molar-refractivity contribution in [3.05, 3.63) is 23.0 Å². The summed E-state index contributed by atoms with van der Waals surface area (Å²) in [6.07, 6.45) is 0. The van der Waals surface area contributed by atoms with E-state index in [-0.39, 0.29) is 16.5 Å². The second kappa shape index (κ2) is 6.67. The van der Waals surface area contributed by atoms with Gasteiger partial charge in [-0.25, -0.2) is 9.37 Å². The van der Waals surface area contributed by atoms with E-state index in [2.05, 4.69) is 14.2 Å². The number of benzene rings is 1. The number of anilines is 1. The first-order valence-corrected chi connectivity index (χ1v) is 8.87. The molecule has 0 amide bonds. The minimum atomic E-state index is -6.01. The van der Waals surface area contributed by atoms with Crippen LogP contribution in [0.2, 0.25) is 5.02 Å². The zero-order valence-corrected chi connectivity index (χ0v) is 14.3. The first-order valence-electron chi connectivity index (χ1n) is 7.09. The first-order chi connectivity index (χ1) is 12.1. The van der Waals surface area contributed by atoms with Gasteiger partial charge in [-0.1, -0.05) is 11.6 Å². The van der Waals surface area contributed by atoms with Crippen molar-refractivity contribution in [1.82, 2.24) is 9.97 Å². The van der Waals surface area contributed by atoms with E-state index >= 15 is 0 Å². The van der Waals surface area contributed by atoms with Gasteiger partial charge < -0.3 is 13.8 Å². The Bertz CT molecular complexity index is 949. The van der Waals surface area contributed by atoms with Gasteiger partial charge in [0.2, 0.25) is 11.8 Å². The third-order valence-electron chi connectivity index (χ3n) is 3.44. The van der Waals surface area contributed by atoms with E-state index in [1.54, 1.807) is 4.90 Å². The number of ether oxygens (including phenoxy) is 1. The van der Waals surface area contributed by atoms with Crippen molar-refractivity contribution >= 4 is 38.6 Å². The zero-order valence-electron chi connectivity index (χ0n) is 12.8. The molecule has 0 bridgehead atoms. The molecule has 0 spiro atoms. The largest absolute Gasteiger partial charge is 0.534 e. The Labute approximate surface area is 149 Å². The van der Waals surface area contributed by atoms with Gasteiger partial charge in [-0.2, -0.15) is 26.6 Å². The molecule has 0 radical (unpaired) electrons. The number of halogens is 5. The second-order valence-corrected chi connectivity index (χ2v) is 7.14. The highest BCUT2D eigenvalue weighted by molar-refractivity contribution is 7.88. The van der Waals surface area contributed by atoms with E-state index in [9.17, 15) is 26.0 Å². The van der Waals surface area contributed by atoms with E-state index < -0.39 is 32.7 Å². The molecule has 0 unspecified atom stereocenters.